The summed E-state index contributed by atoms with van der Waals surface area (Å²) in [6.07, 6.45) is 5.13. The lowest BCUT2D eigenvalue weighted by Gasteiger charge is -2.52. The Hall–Kier alpha value is -2.83. The number of nitrogens with zero attached hydrogens (tertiary/aromatic N) is 2. The lowest BCUT2D eigenvalue weighted by atomic mass is 9.83. The maximum atomic E-state index is 10.5. The Morgan fingerprint density at radius 3 is 1.81 bits per heavy atom. The molecule has 0 bridgehead atoms. The third kappa shape index (κ3) is 7.84. The molecule has 194 valence electrons. The Morgan fingerprint density at radius 1 is 0.861 bits per heavy atom. The topological polar surface area (TPSA) is 137 Å². The number of piperidine rings is 1. The van der Waals surface area contributed by atoms with Gasteiger partial charge in [0.05, 0.1) is 21.7 Å². The number of pyridine rings is 1. The number of rotatable bonds is 3. The fourth-order valence-electron chi connectivity index (χ4n) is 3.97. The van der Waals surface area contributed by atoms with Crippen molar-refractivity contribution < 1.29 is 25.9 Å². The summed E-state index contributed by atoms with van der Waals surface area (Å²) in [7, 11) is -8.04. The quantitative estimate of drug-likeness (QED) is 0.433. The molecule has 0 aliphatic carbocycles. The highest BCUT2D eigenvalue weighted by Crippen LogP contribution is 2.33. The van der Waals surface area contributed by atoms with Crippen LogP contribution in [0.1, 0.15) is 17.5 Å². The van der Waals surface area contributed by atoms with E-state index in [1.54, 1.807) is 24.3 Å². The van der Waals surface area contributed by atoms with Crippen LogP contribution in [0.2, 0.25) is 0 Å². The average molecular weight is 534 g/mol. The van der Waals surface area contributed by atoms with E-state index in [9.17, 15) is 16.8 Å². The molecule has 2 aromatic carbocycles. The van der Waals surface area contributed by atoms with Crippen LogP contribution >= 0.6 is 0 Å². The van der Waals surface area contributed by atoms with Crippen molar-refractivity contribution in [3.63, 3.8) is 0 Å². The number of aromatic nitrogens is 1. The van der Waals surface area contributed by atoms with Gasteiger partial charge >= 0.3 is 0 Å². The maximum Gasteiger partial charge on any atom is 0.294 e. The number of fused-ring (bicyclic) bond motifs is 1. The van der Waals surface area contributed by atoms with Gasteiger partial charge in [-0.1, -0.05) is 35.4 Å². The summed E-state index contributed by atoms with van der Waals surface area (Å²) in [6, 6.07) is 16.9. The van der Waals surface area contributed by atoms with Crippen LogP contribution in [0.15, 0.2) is 82.8 Å². The largest absolute Gasteiger partial charge is 0.365 e. The molecule has 3 heterocycles. The van der Waals surface area contributed by atoms with Crippen LogP contribution in [0.4, 0.5) is 5.69 Å². The summed E-state index contributed by atoms with van der Waals surface area (Å²) in [4.78, 5) is 6.49. The van der Waals surface area contributed by atoms with Crippen molar-refractivity contribution in [3.05, 3.63) is 84.2 Å². The van der Waals surface area contributed by atoms with Crippen molar-refractivity contribution in [2.75, 3.05) is 24.5 Å². The van der Waals surface area contributed by atoms with Crippen molar-refractivity contribution in [1.82, 2.24) is 10.3 Å². The molecule has 0 amide bonds. The summed E-state index contributed by atoms with van der Waals surface area (Å²) in [5, 5.41) is 3.45. The highest BCUT2D eigenvalue weighted by molar-refractivity contribution is 7.86. The Labute approximate surface area is 212 Å². The highest BCUT2D eigenvalue weighted by atomic mass is 32.2. The van der Waals surface area contributed by atoms with Crippen molar-refractivity contribution in [2.45, 2.75) is 36.1 Å². The van der Waals surface area contributed by atoms with Gasteiger partial charge in [-0.05, 0) is 69.1 Å². The van der Waals surface area contributed by atoms with Gasteiger partial charge in [0, 0.05) is 25.3 Å². The number of anilines is 1. The number of aryl methyl sites for hydroxylation is 2. The van der Waals surface area contributed by atoms with Crippen LogP contribution in [-0.2, 0) is 20.2 Å². The summed E-state index contributed by atoms with van der Waals surface area (Å²) in [6.45, 7) is 7.24. The SMILES string of the molecule is Cc1ccc(S(=O)(=O)O)cc1.Cc1ccc(S(=O)(=O)O)cc1.c1cncc(N2C[C@@H]3CCNC[C@@H]32)c1. The van der Waals surface area contributed by atoms with Crippen LogP contribution in [0, 0.1) is 19.8 Å². The zero-order valence-electron chi connectivity index (χ0n) is 20.1. The van der Waals surface area contributed by atoms with Gasteiger partial charge in [-0.15, -0.1) is 0 Å². The third-order valence-corrected chi connectivity index (χ3v) is 7.77. The van der Waals surface area contributed by atoms with E-state index in [1.807, 2.05) is 32.3 Å². The molecule has 0 saturated carbocycles. The van der Waals surface area contributed by atoms with Crippen molar-refractivity contribution in [3.8, 4) is 0 Å². The van der Waals surface area contributed by atoms with E-state index in [0.29, 0.717) is 6.04 Å². The molecule has 0 radical (unpaired) electrons. The zero-order chi connectivity index (χ0) is 26.3. The Morgan fingerprint density at radius 2 is 1.39 bits per heavy atom. The van der Waals surface area contributed by atoms with E-state index in [4.69, 9.17) is 9.11 Å². The van der Waals surface area contributed by atoms with Gasteiger partial charge in [0.25, 0.3) is 20.2 Å². The lowest BCUT2D eigenvalue weighted by molar-refractivity contribution is 0.229. The summed E-state index contributed by atoms with van der Waals surface area (Å²) in [5.41, 5.74) is 3.19. The average Bonchev–Trinajstić information content (AvgIpc) is 2.81. The summed E-state index contributed by atoms with van der Waals surface area (Å²) >= 11 is 0. The van der Waals surface area contributed by atoms with Gasteiger partial charge in [0.15, 0.2) is 0 Å². The molecule has 2 aliphatic rings. The van der Waals surface area contributed by atoms with Gasteiger partial charge in [0.2, 0.25) is 0 Å². The van der Waals surface area contributed by atoms with E-state index in [-0.39, 0.29) is 9.79 Å². The van der Waals surface area contributed by atoms with Crippen LogP contribution in [-0.4, -0.2) is 56.6 Å². The lowest BCUT2D eigenvalue weighted by Crippen LogP contribution is -2.63. The van der Waals surface area contributed by atoms with Gasteiger partial charge in [-0.3, -0.25) is 14.1 Å². The standard InChI is InChI=1S/C11H15N3.2C7H8O3S/c1-2-10(6-12-4-1)14-8-9-3-5-13-7-11(9)14;2*1-6-2-4-7(5-3-6)11(8,9)10/h1-2,4,6,9,11,13H,3,5,7-8H2;2*2-5H,1H3,(H,8,9,10)/t9-,11-;;/m0../s1. The van der Waals surface area contributed by atoms with Crippen molar-refractivity contribution >= 4 is 25.9 Å². The first-order valence-corrected chi connectivity index (χ1v) is 14.3. The Bertz CT molecular complexity index is 1260. The number of nitrogens with one attached hydrogen (secondary N) is 1. The van der Waals surface area contributed by atoms with Crippen LogP contribution in [0.3, 0.4) is 0 Å². The predicted molar refractivity (Wildman–Crippen MR) is 138 cm³/mol. The second-order valence-electron chi connectivity index (χ2n) is 8.76. The van der Waals surface area contributed by atoms with Gasteiger partial charge in [0.1, 0.15) is 0 Å². The van der Waals surface area contributed by atoms with E-state index in [0.717, 1.165) is 23.6 Å². The molecule has 11 heteroatoms. The van der Waals surface area contributed by atoms with E-state index >= 15 is 0 Å². The maximum absolute atomic E-state index is 10.5. The van der Waals surface area contributed by atoms with Crippen LogP contribution < -0.4 is 10.2 Å². The fraction of sp³-hybridized carbons (Fsp3) is 0.320. The van der Waals surface area contributed by atoms with Crippen LogP contribution in [0.25, 0.3) is 0 Å². The first-order chi connectivity index (χ1) is 16.9. The second-order valence-corrected chi connectivity index (χ2v) is 11.6. The highest BCUT2D eigenvalue weighted by Gasteiger charge is 2.40. The monoisotopic (exact) mass is 533 g/mol. The van der Waals surface area contributed by atoms with Gasteiger partial charge in [-0.25, -0.2) is 0 Å². The Balaban J connectivity index is 0.000000153. The molecule has 36 heavy (non-hydrogen) atoms. The van der Waals surface area contributed by atoms with E-state index in [2.05, 4.69) is 21.3 Å². The summed E-state index contributed by atoms with van der Waals surface area (Å²) in [5.74, 6) is 0.913. The van der Waals surface area contributed by atoms with Gasteiger partial charge in [-0.2, -0.15) is 16.8 Å². The third-order valence-electron chi connectivity index (χ3n) is 6.04. The predicted octanol–water partition coefficient (Wildman–Crippen LogP) is 3.36. The molecule has 0 spiro atoms. The second kappa shape index (κ2) is 11.9. The molecule has 2 aliphatic heterocycles. The number of hydrogen-bond acceptors (Lipinski definition) is 7. The van der Waals surface area contributed by atoms with E-state index in [1.165, 1.54) is 49.5 Å². The van der Waals surface area contributed by atoms with Crippen LogP contribution in [0.5, 0.6) is 0 Å². The molecule has 2 saturated heterocycles. The number of benzene rings is 2. The fourth-order valence-corrected chi connectivity index (χ4v) is 4.93. The van der Waals surface area contributed by atoms with E-state index < -0.39 is 20.2 Å². The molecular formula is C25H31N3O6S2. The molecule has 0 unspecified atom stereocenters. The van der Waals surface area contributed by atoms with Gasteiger partial charge < -0.3 is 10.2 Å². The molecule has 3 N–H and O–H groups in total. The molecule has 2 fully saturated rings. The summed E-state index contributed by atoms with van der Waals surface area (Å²) < 4.78 is 59.1. The van der Waals surface area contributed by atoms with Crippen molar-refractivity contribution in [2.24, 2.45) is 5.92 Å². The van der Waals surface area contributed by atoms with Crippen molar-refractivity contribution in [1.29, 1.82) is 0 Å². The minimum absolute atomic E-state index is 0.0666. The number of hydrogen-bond donors (Lipinski definition) is 3. The minimum Gasteiger partial charge on any atom is -0.365 e. The zero-order valence-corrected chi connectivity index (χ0v) is 21.8. The molecule has 5 rings (SSSR count). The molecular weight excluding hydrogens is 502 g/mol. The molecule has 1 aromatic heterocycles. The minimum atomic E-state index is -4.02. The molecule has 9 nitrogen and oxygen atoms in total. The first-order valence-electron chi connectivity index (χ1n) is 11.4. The first kappa shape index (κ1) is 27.8. The molecule has 3 aromatic rings. The normalized spacial score (nSPS) is 18.9. The molecule has 2 atom stereocenters. The Kier molecular flexibility index (Phi) is 9.20. The smallest absolute Gasteiger partial charge is 0.294 e.